The second kappa shape index (κ2) is 6.18. The highest BCUT2D eigenvalue weighted by atomic mass is 35.5. The first kappa shape index (κ1) is 13.3. The van der Waals surface area contributed by atoms with Gasteiger partial charge in [-0.1, -0.05) is 28.9 Å². The van der Waals surface area contributed by atoms with E-state index in [0.717, 1.165) is 5.56 Å². The van der Waals surface area contributed by atoms with Gasteiger partial charge in [-0.15, -0.1) is 11.6 Å². The molecule has 0 saturated carbocycles. The molecule has 1 aromatic carbocycles. The minimum Gasteiger partial charge on any atom is -0.376 e. The second-order valence-electron chi connectivity index (χ2n) is 3.72. The highest BCUT2D eigenvalue weighted by molar-refractivity contribution is 6.30. The van der Waals surface area contributed by atoms with Gasteiger partial charge >= 0.3 is 0 Å². The molecular formula is C12H12Cl2N2O2. The van der Waals surface area contributed by atoms with E-state index in [0.29, 0.717) is 23.2 Å². The van der Waals surface area contributed by atoms with Crippen molar-refractivity contribution in [2.75, 3.05) is 7.11 Å². The van der Waals surface area contributed by atoms with Gasteiger partial charge in [0.15, 0.2) is 5.82 Å². The molecule has 0 bridgehead atoms. The fourth-order valence-corrected chi connectivity index (χ4v) is 1.84. The molecule has 0 spiro atoms. The SMILES string of the molecule is COC(Cc1noc(CCl)n1)c1ccc(Cl)cc1. The van der Waals surface area contributed by atoms with Crippen molar-refractivity contribution in [2.45, 2.75) is 18.4 Å². The number of aromatic nitrogens is 2. The van der Waals surface area contributed by atoms with E-state index in [-0.39, 0.29) is 12.0 Å². The number of ether oxygens (including phenoxy) is 1. The zero-order chi connectivity index (χ0) is 13.0. The lowest BCUT2D eigenvalue weighted by atomic mass is 10.1. The number of benzene rings is 1. The van der Waals surface area contributed by atoms with Crippen LogP contribution < -0.4 is 0 Å². The first-order valence-electron chi connectivity index (χ1n) is 5.38. The third-order valence-electron chi connectivity index (χ3n) is 2.52. The summed E-state index contributed by atoms with van der Waals surface area (Å²) in [6, 6.07) is 7.48. The second-order valence-corrected chi connectivity index (χ2v) is 4.42. The Kier molecular flexibility index (Phi) is 4.58. The van der Waals surface area contributed by atoms with Crippen LogP contribution in [0.25, 0.3) is 0 Å². The lowest BCUT2D eigenvalue weighted by Crippen LogP contribution is -2.06. The molecule has 2 aromatic rings. The Labute approximate surface area is 115 Å². The van der Waals surface area contributed by atoms with Gasteiger partial charge in [0, 0.05) is 18.6 Å². The Morgan fingerprint density at radius 1 is 1.33 bits per heavy atom. The van der Waals surface area contributed by atoms with E-state index in [1.165, 1.54) is 0 Å². The van der Waals surface area contributed by atoms with Crippen molar-refractivity contribution in [3.05, 3.63) is 46.6 Å². The van der Waals surface area contributed by atoms with E-state index in [1.54, 1.807) is 7.11 Å². The molecule has 1 unspecified atom stereocenters. The summed E-state index contributed by atoms with van der Waals surface area (Å²) in [4.78, 5) is 4.14. The average Bonchev–Trinajstić information content (AvgIpc) is 2.85. The van der Waals surface area contributed by atoms with Crippen LogP contribution in [0.3, 0.4) is 0 Å². The van der Waals surface area contributed by atoms with E-state index in [4.69, 9.17) is 32.5 Å². The van der Waals surface area contributed by atoms with Crippen molar-refractivity contribution in [2.24, 2.45) is 0 Å². The molecule has 2 rings (SSSR count). The molecule has 0 radical (unpaired) electrons. The smallest absolute Gasteiger partial charge is 0.241 e. The van der Waals surface area contributed by atoms with Gasteiger partial charge in [0.1, 0.15) is 5.88 Å². The Morgan fingerprint density at radius 3 is 2.61 bits per heavy atom. The van der Waals surface area contributed by atoms with Gasteiger partial charge in [0.25, 0.3) is 0 Å². The van der Waals surface area contributed by atoms with E-state index in [9.17, 15) is 0 Å². The number of halogens is 2. The summed E-state index contributed by atoms with van der Waals surface area (Å²) in [5.74, 6) is 1.20. The molecule has 1 aromatic heterocycles. The minimum atomic E-state index is -0.136. The predicted molar refractivity (Wildman–Crippen MR) is 68.8 cm³/mol. The van der Waals surface area contributed by atoms with Crippen molar-refractivity contribution in [3.8, 4) is 0 Å². The Bertz CT molecular complexity index is 499. The maximum absolute atomic E-state index is 5.85. The van der Waals surface area contributed by atoms with E-state index in [2.05, 4.69) is 10.1 Å². The van der Waals surface area contributed by atoms with Crippen molar-refractivity contribution < 1.29 is 9.26 Å². The van der Waals surface area contributed by atoms with Crippen LogP contribution in [0.1, 0.15) is 23.4 Å². The Balaban J connectivity index is 2.11. The van der Waals surface area contributed by atoms with Crippen LogP contribution in [0.4, 0.5) is 0 Å². The van der Waals surface area contributed by atoms with Crippen LogP contribution in [0, 0.1) is 0 Å². The summed E-state index contributed by atoms with van der Waals surface area (Å²) in [7, 11) is 1.64. The van der Waals surface area contributed by atoms with Crippen LogP contribution in [0.5, 0.6) is 0 Å². The van der Waals surface area contributed by atoms with Gasteiger partial charge in [-0.05, 0) is 17.7 Å². The van der Waals surface area contributed by atoms with Gasteiger partial charge in [-0.2, -0.15) is 4.98 Å². The number of hydrogen-bond donors (Lipinski definition) is 0. The van der Waals surface area contributed by atoms with Crippen LogP contribution in [-0.2, 0) is 17.0 Å². The van der Waals surface area contributed by atoms with Gasteiger partial charge in [0.05, 0.1) is 6.10 Å². The highest BCUT2D eigenvalue weighted by Gasteiger charge is 2.15. The summed E-state index contributed by atoms with van der Waals surface area (Å²) in [6.45, 7) is 0. The Morgan fingerprint density at radius 2 is 2.06 bits per heavy atom. The average molecular weight is 287 g/mol. The molecule has 1 heterocycles. The molecule has 0 fully saturated rings. The fourth-order valence-electron chi connectivity index (χ4n) is 1.61. The standard InChI is InChI=1S/C12H12Cl2N2O2/c1-17-10(8-2-4-9(14)5-3-8)6-11-15-12(7-13)18-16-11/h2-5,10H,6-7H2,1H3. The summed E-state index contributed by atoms with van der Waals surface area (Å²) >= 11 is 11.4. The van der Waals surface area contributed by atoms with Crippen LogP contribution in [0.2, 0.25) is 5.02 Å². The minimum absolute atomic E-state index is 0.136. The monoisotopic (exact) mass is 286 g/mol. The summed E-state index contributed by atoms with van der Waals surface area (Å²) < 4.78 is 10.4. The predicted octanol–water partition coefficient (Wildman–Crippen LogP) is 3.39. The maximum atomic E-state index is 5.85. The molecule has 0 saturated heterocycles. The lowest BCUT2D eigenvalue weighted by molar-refractivity contribution is 0.101. The lowest BCUT2D eigenvalue weighted by Gasteiger charge is -2.13. The molecule has 0 aliphatic carbocycles. The third kappa shape index (κ3) is 3.22. The van der Waals surface area contributed by atoms with Crippen LogP contribution in [0.15, 0.2) is 28.8 Å². The van der Waals surface area contributed by atoms with Crippen LogP contribution in [-0.4, -0.2) is 17.3 Å². The molecule has 18 heavy (non-hydrogen) atoms. The number of hydrogen-bond acceptors (Lipinski definition) is 4. The number of alkyl halides is 1. The van der Waals surface area contributed by atoms with Crippen LogP contribution >= 0.6 is 23.2 Å². The third-order valence-corrected chi connectivity index (χ3v) is 3.00. The molecule has 4 nitrogen and oxygen atoms in total. The van der Waals surface area contributed by atoms with Gasteiger partial charge in [0.2, 0.25) is 5.89 Å². The fraction of sp³-hybridized carbons (Fsp3) is 0.333. The van der Waals surface area contributed by atoms with Crippen molar-refractivity contribution in [3.63, 3.8) is 0 Å². The van der Waals surface area contributed by atoms with Crippen molar-refractivity contribution in [1.82, 2.24) is 10.1 Å². The molecule has 96 valence electrons. The molecule has 6 heteroatoms. The summed E-state index contributed by atoms with van der Waals surface area (Å²) in [5.41, 5.74) is 1.01. The number of methoxy groups -OCH3 is 1. The van der Waals surface area contributed by atoms with Gasteiger partial charge in [-0.25, -0.2) is 0 Å². The normalized spacial score (nSPS) is 12.6. The highest BCUT2D eigenvalue weighted by Crippen LogP contribution is 2.22. The molecule has 0 N–H and O–H groups in total. The topological polar surface area (TPSA) is 48.2 Å². The van der Waals surface area contributed by atoms with Crippen molar-refractivity contribution in [1.29, 1.82) is 0 Å². The molecule has 0 amide bonds. The molecule has 0 aliphatic rings. The molecular weight excluding hydrogens is 275 g/mol. The van der Waals surface area contributed by atoms with Crippen molar-refractivity contribution >= 4 is 23.2 Å². The summed E-state index contributed by atoms with van der Waals surface area (Å²) in [5, 5.41) is 4.53. The Hall–Kier alpha value is -1.10. The van der Waals surface area contributed by atoms with E-state index < -0.39 is 0 Å². The maximum Gasteiger partial charge on any atom is 0.241 e. The van der Waals surface area contributed by atoms with Gasteiger partial charge < -0.3 is 9.26 Å². The first-order chi connectivity index (χ1) is 8.72. The van der Waals surface area contributed by atoms with E-state index >= 15 is 0 Å². The summed E-state index contributed by atoms with van der Waals surface area (Å²) in [6.07, 6.45) is 0.390. The zero-order valence-corrected chi connectivity index (χ0v) is 11.3. The largest absolute Gasteiger partial charge is 0.376 e. The number of rotatable bonds is 5. The van der Waals surface area contributed by atoms with E-state index in [1.807, 2.05) is 24.3 Å². The first-order valence-corrected chi connectivity index (χ1v) is 6.30. The van der Waals surface area contributed by atoms with Gasteiger partial charge in [-0.3, -0.25) is 0 Å². The number of nitrogens with zero attached hydrogens (tertiary/aromatic N) is 2. The molecule has 1 atom stereocenters. The molecule has 0 aliphatic heterocycles. The zero-order valence-electron chi connectivity index (χ0n) is 9.77. The quantitative estimate of drug-likeness (QED) is 0.791.